The molecule has 0 amide bonds. The van der Waals surface area contributed by atoms with Crippen molar-refractivity contribution in [1.29, 1.82) is 0 Å². The average Bonchev–Trinajstić information content (AvgIpc) is 2.48. The summed E-state index contributed by atoms with van der Waals surface area (Å²) in [5, 5.41) is 13.1. The third-order valence-electron chi connectivity index (χ3n) is 3.12. The fourth-order valence-corrected chi connectivity index (χ4v) is 1.98. The summed E-state index contributed by atoms with van der Waals surface area (Å²) in [6, 6.07) is 12.7. The number of para-hydroxylation sites is 2. The zero-order valence-corrected chi connectivity index (χ0v) is 11.5. The van der Waals surface area contributed by atoms with Gasteiger partial charge >= 0.3 is 5.97 Å². The summed E-state index contributed by atoms with van der Waals surface area (Å²) < 4.78 is 4.74. The number of phenols is 1. The van der Waals surface area contributed by atoms with Crippen molar-refractivity contribution in [3.05, 3.63) is 59.2 Å². The molecule has 104 valence electrons. The molecule has 0 fully saturated rings. The predicted molar refractivity (Wildman–Crippen MR) is 78.0 cm³/mol. The highest BCUT2D eigenvalue weighted by Gasteiger charge is 2.11. The number of carbonyl (C=O) groups is 1. The number of aryl methyl sites for hydroxylation is 1. The molecule has 0 unspecified atom stereocenters. The van der Waals surface area contributed by atoms with Gasteiger partial charge in [-0.15, -0.1) is 0 Å². The molecule has 0 saturated carbocycles. The smallest absolute Gasteiger partial charge is 0.339 e. The largest absolute Gasteiger partial charge is 0.507 e. The molecular weight excluding hydrogens is 254 g/mol. The van der Waals surface area contributed by atoms with Gasteiger partial charge in [0.05, 0.1) is 12.7 Å². The number of phenolic OH excluding ortho intramolecular Hbond substituents is 1. The number of ether oxygens (including phenoxy) is 1. The summed E-state index contributed by atoms with van der Waals surface area (Å²) >= 11 is 0. The monoisotopic (exact) mass is 271 g/mol. The van der Waals surface area contributed by atoms with E-state index in [1.165, 1.54) is 7.11 Å². The number of benzene rings is 2. The van der Waals surface area contributed by atoms with Gasteiger partial charge in [-0.2, -0.15) is 0 Å². The quantitative estimate of drug-likeness (QED) is 0.839. The average molecular weight is 271 g/mol. The second-order valence-electron chi connectivity index (χ2n) is 4.47. The van der Waals surface area contributed by atoms with E-state index in [0.29, 0.717) is 17.8 Å². The summed E-state index contributed by atoms with van der Waals surface area (Å²) in [5.74, 6) is -0.114. The molecule has 2 aromatic rings. The van der Waals surface area contributed by atoms with Crippen molar-refractivity contribution >= 4 is 11.7 Å². The molecule has 2 rings (SSSR count). The number of methoxy groups -OCH3 is 1. The Hall–Kier alpha value is -2.49. The second-order valence-corrected chi connectivity index (χ2v) is 4.47. The maximum absolute atomic E-state index is 11.7. The number of carbonyl (C=O) groups excluding carboxylic acids is 1. The first-order valence-corrected chi connectivity index (χ1v) is 6.32. The van der Waals surface area contributed by atoms with Gasteiger partial charge in [-0.25, -0.2) is 4.79 Å². The molecule has 0 saturated heterocycles. The molecule has 2 N–H and O–H groups in total. The molecule has 4 nitrogen and oxygen atoms in total. The minimum Gasteiger partial charge on any atom is -0.507 e. The summed E-state index contributed by atoms with van der Waals surface area (Å²) in [7, 11) is 1.35. The molecule has 4 heteroatoms. The molecule has 0 heterocycles. The van der Waals surface area contributed by atoms with Crippen molar-refractivity contribution in [2.24, 2.45) is 0 Å². The Balaban J connectivity index is 2.19. The third-order valence-corrected chi connectivity index (χ3v) is 3.12. The van der Waals surface area contributed by atoms with Crippen molar-refractivity contribution in [3.8, 4) is 5.75 Å². The van der Waals surface area contributed by atoms with E-state index in [4.69, 9.17) is 4.74 Å². The van der Waals surface area contributed by atoms with Crippen molar-refractivity contribution in [2.75, 3.05) is 12.4 Å². The Labute approximate surface area is 118 Å². The van der Waals surface area contributed by atoms with Crippen LogP contribution in [0.2, 0.25) is 0 Å². The number of esters is 1. The van der Waals surface area contributed by atoms with Gasteiger partial charge in [-0.05, 0) is 24.6 Å². The van der Waals surface area contributed by atoms with E-state index >= 15 is 0 Å². The molecule has 0 bridgehead atoms. The maximum Gasteiger partial charge on any atom is 0.339 e. The van der Waals surface area contributed by atoms with Crippen LogP contribution in [-0.2, 0) is 11.3 Å². The molecule has 20 heavy (non-hydrogen) atoms. The Morgan fingerprint density at radius 1 is 1.20 bits per heavy atom. The number of hydrogen-bond donors (Lipinski definition) is 2. The van der Waals surface area contributed by atoms with E-state index in [-0.39, 0.29) is 11.7 Å². The lowest BCUT2D eigenvalue weighted by Gasteiger charge is -2.12. The minimum atomic E-state index is -0.387. The SMILES string of the molecule is COC(=O)c1ccccc1NCc1cccc(C)c1O. The lowest BCUT2D eigenvalue weighted by atomic mass is 10.1. The highest BCUT2D eigenvalue weighted by molar-refractivity contribution is 5.95. The van der Waals surface area contributed by atoms with Crippen LogP contribution in [0.4, 0.5) is 5.69 Å². The number of nitrogens with one attached hydrogen (secondary N) is 1. The predicted octanol–water partition coefficient (Wildman–Crippen LogP) is 3.10. The molecule has 2 aromatic carbocycles. The number of anilines is 1. The molecule has 0 radical (unpaired) electrons. The second kappa shape index (κ2) is 6.10. The van der Waals surface area contributed by atoms with Crippen LogP contribution in [0.15, 0.2) is 42.5 Å². The third kappa shape index (κ3) is 2.91. The van der Waals surface area contributed by atoms with E-state index in [9.17, 15) is 9.90 Å². The highest BCUT2D eigenvalue weighted by atomic mass is 16.5. The fraction of sp³-hybridized carbons (Fsp3) is 0.188. The first-order chi connectivity index (χ1) is 9.63. The molecule has 0 aromatic heterocycles. The minimum absolute atomic E-state index is 0.274. The van der Waals surface area contributed by atoms with Crippen LogP contribution < -0.4 is 5.32 Å². The lowest BCUT2D eigenvalue weighted by Crippen LogP contribution is -2.08. The Kier molecular flexibility index (Phi) is 4.25. The molecule has 0 aliphatic carbocycles. The van der Waals surface area contributed by atoms with Crippen LogP contribution in [0.5, 0.6) is 5.75 Å². The Bertz CT molecular complexity index is 623. The van der Waals surface area contributed by atoms with Gasteiger partial charge in [0, 0.05) is 17.8 Å². The summed E-state index contributed by atoms with van der Waals surface area (Å²) in [6.45, 7) is 2.28. The van der Waals surface area contributed by atoms with Crippen molar-refractivity contribution in [2.45, 2.75) is 13.5 Å². The van der Waals surface area contributed by atoms with Crippen LogP contribution in [0.1, 0.15) is 21.5 Å². The normalized spacial score (nSPS) is 10.1. The van der Waals surface area contributed by atoms with Crippen LogP contribution in [0.25, 0.3) is 0 Å². The lowest BCUT2D eigenvalue weighted by molar-refractivity contribution is 0.0602. The first kappa shape index (κ1) is 13.9. The fourth-order valence-electron chi connectivity index (χ4n) is 1.98. The van der Waals surface area contributed by atoms with Gasteiger partial charge in [0.2, 0.25) is 0 Å². The van der Waals surface area contributed by atoms with E-state index < -0.39 is 0 Å². The van der Waals surface area contributed by atoms with Gasteiger partial charge in [0.1, 0.15) is 5.75 Å². The topological polar surface area (TPSA) is 58.6 Å². The zero-order valence-electron chi connectivity index (χ0n) is 11.5. The summed E-state index contributed by atoms with van der Waals surface area (Å²) in [5.41, 5.74) is 2.76. The molecule has 0 atom stereocenters. The van der Waals surface area contributed by atoms with E-state index in [2.05, 4.69) is 5.32 Å². The van der Waals surface area contributed by atoms with E-state index in [0.717, 1.165) is 11.1 Å². The van der Waals surface area contributed by atoms with Crippen LogP contribution in [0, 0.1) is 6.92 Å². The molecule has 0 aliphatic rings. The van der Waals surface area contributed by atoms with Crippen molar-refractivity contribution in [1.82, 2.24) is 0 Å². The van der Waals surface area contributed by atoms with E-state index in [1.807, 2.05) is 31.2 Å². The zero-order chi connectivity index (χ0) is 14.5. The van der Waals surface area contributed by atoms with Gasteiger partial charge in [0.15, 0.2) is 0 Å². The Morgan fingerprint density at radius 2 is 1.95 bits per heavy atom. The number of hydrogen-bond acceptors (Lipinski definition) is 4. The van der Waals surface area contributed by atoms with Gasteiger partial charge < -0.3 is 15.2 Å². The van der Waals surface area contributed by atoms with Crippen molar-refractivity contribution < 1.29 is 14.6 Å². The van der Waals surface area contributed by atoms with Crippen LogP contribution in [0.3, 0.4) is 0 Å². The summed E-state index contributed by atoms with van der Waals surface area (Å²) in [4.78, 5) is 11.7. The Morgan fingerprint density at radius 3 is 2.70 bits per heavy atom. The van der Waals surface area contributed by atoms with Gasteiger partial charge in [-0.3, -0.25) is 0 Å². The van der Waals surface area contributed by atoms with Gasteiger partial charge in [0.25, 0.3) is 0 Å². The molecular formula is C16H17NO3. The highest BCUT2D eigenvalue weighted by Crippen LogP contribution is 2.23. The molecule has 0 spiro atoms. The summed E-state index contributed by atoms with van der Waals surface area (Å²) in [6.07, 6.45) is 0. The maximum atomic E-state index is 11.7. The van der Waals surface area contributed by atoms with Gasteiger partial charge in [-0.1, -0.05) is 30.3 Å². The number of rotatable bonds is 4. The van der Waals surface area contributed by atoms with Crippen LogP contribution in [-0.4, -0.2) is 18.2 Å². The number of aromatic hydroxyl groups is 1. The van der Waals surface area contributed by atoms with E-state index in [1.54, 1.807) is 18.2 Å². The standard InChI is InChI=1S/C16H17NO3/c1-11-6-5-7-12(15(11)18)10-17-14-9-4-3-8-13(14)16(19)20-2/h3-9,17-18H,10H2,1-2H3. The van der Waals surface area contributed by atoms with Crippen molar-refractivity contribution in [3.63, 3.8) is 0 Å². The first-order valence-electron chi connectivity index (χ1n) is 6.32. The van der Waals surface area contributed by atoms with Crippen LogP contribution >= 0.6 is 0 Å². The molecule has 0 aliphatic heterocycles.